The first kappa shape index (κ1) is 13.9. The minimum absolute atomic E-state index is 0.121. The van der Waals surface area contributed by atoms with Crippen LogP contribution in [0.15, 0.2) is 47.6 Å². The quantitative estimate of drug-likeness (QED) is 0.882. The van der Waals surface area contributed by atoms with Crippen molar-refractivity contribution < 1.29 is 17.6 Å². The van der Waals surface area contributed by atoms with Crippen molar-refractivity contribution in [1.82, 2.24) is 4.98 Å². The van der Waals surface area contributed by atoms with Crippen molar-refractivity contribution in [3.05, 3.63) is 54.1 Å². The van der Waals surface area contributed by atoms with E-state index >= 15 is 0 Å². The number of benzene rings is 1. The van der Waals surface area contributed by atoms with E-state index in [-0.39, 0.29) is 10.6 Å². The molecule has 1 amide bonds. The Labute approximate surface area is 114 Å². The number of anilines is 1. The molecule has 0 saturated heterocycles. The smallest absolute Gasteiger partial charge is 0.263 e. The lowest BCUT2D eigenvalue weighted by atomic mass is 10.2. The van der Waals surface area contributed by atoms with Crippen LogP contribution in [0.2, 0.25) is 0 Å². The maximum Gasteiger partial charge on any atom is 0.263 e. The fourth-order valence-electron chi connectivity index (χ4n) is 1.51. The monoisotopic (exact) mass is 295 g/mol. The predicted molar refractivity (Wildman–Crippen MR) is 70.0 cm³/mol. The number of pyridine rings is 1. The number of nitrogens with zero attached hydrogens (tertiary/aromatic N) is 1. The van der Waals surface area contributed by atoms with Crippen LogP contribution in [0.4, 0.5) is 10.1 Å². The first-order valence-electron chi connectivity index (χ1n) is 5.43. The molecule has 1 heterocycles. The van der Waals surface area contributed by atoms with Crippen molar-refractivity contribution in [1.29, 1.82) is 0 Å². The fourth-order valence-corrected chi connectivity index (χ4v) is 2.53. The van der Waals surface area contributed by atoms with Crippen molar-refractivity contribution in [2.24, 2.45) is 5.73 Å². The third-order valence-corrected chi connectivity index (χ3v) is 3.80. The summed E-state index contributed by atoms with van der Waals surface area (Å²) < 4.78 is 40.0. The van der Waals surface area contributed by atoms with Crippen LogP contribution in [0.25, 0.3) is 0 Å². The van der Waals surface area contributed by atoms with Gasteiger partial charge >= 0.3 is 0 Å². The van der Waals surface area contributed by atoms with Crippen LogP contribution >= 0.6 is 0 Å². The van der Waals surface area contributed by atoms with Gasteiger partial charge in [-0.15, -0.1) is 0 Å². The van der Waals surface area contributed by atoms with E-state index in [2.05, 4.69) is 4.98 Å². The summed E-state index contributed by atoms with van der Waals surface area (Å²) in [5.74, 6) is -2.00. The Morgan fingerprint density at radius 1 is 1.25 bits per heavy atom. The Morgan fingerprint density at radius 2 is 2.00 bits per heavy atom. The van der Waals surface area contributed by atoms with Crippen molar-refractivity contribution in [2.45, 2.75) is 4.90 Å². The summed E-state index contributed by atoms with van der Waals surface area (Å²) >= 11 is 0. The number of primary amides is 1. The highest BCUT2D eigenvalue weighted by Crippen LogP contribution is 2.21. The van der Waals surface area contributed by atoms with Gasteiger partial charge in [-0.2, -0.15) is 0 Å². The zero-order valence-electron chi connectivity index (χ0n) is 10.1. The van der Waals surface area contributed by atoms with E-state index in [4.69, 9.17) is 5.73 Å². The van der Waals surface area contributed by atoms with Gasteiger partial charge in [0.15, 0.2) is 5.82 Å². The van der Waals surface area contributed by atoms with Gasteiger partial charge in [0.25, 0.3) is 15.9 Å². The Morgan fingerprint density at radius 3 is 2.60 bits per heavy atom. The first-order valence-corrected chi connectivity index (χ1v) is 6.91. The maximum atomic E-state index is 13.9. The molecule has 0 spiro atoms. The number of amides is 1. The van der Waals surface area contributed by atoms with Crippen LogP contribution in [0, 0.1) is 5.82 Å². The molecule has 0 saturated carbocycles. The van der Waals surface area contributed by atoms with Crippen molar-refractivity contribution >= 4 is 21.6 Å². The Balaban J connectivity index is 2.41. The highest BCUT2D eigenvalue weighted by Gasteiger charge is 2.19. The Kier molecular flexibility index (Phi) is 3.66. The molecule has 0 bridgehead atoms. The molecule has 0 aliphatic carbocycles. The van der Waals surface area contributed by atoms with E-state index in [1.165, 1.54) is 36.5 Å². The van der Waals surface area contributed by atoms with E-state index < -0.39 is 27.3 Å². The lowest BCUT2D eigenvalue weighted by Gasteiger charge is -2.09. The van der Waals surface area contributed by atoms with Gasteiger partial charge in [-0.05, 0) is 24.3 Å². The predicted octanol–water partition coefficient (Wildman–Crippen LogP) is 1.12. The standard InChI is InChI=1S/C12H10FN3O3S/c13-11-9(12(14)17)4-1-5-10(11)16-20(18,19)8-3-2-6-15-7-8/h1-7,16H,(H2,14,17). The van der Waals surface area contributed by atoms with Gasteiger partial charge in [-0.1, -0.05) is 6.07 Å². The zero-order valence-corrected chi connectivity index (χ0v) is 10.9. The highest BCUT2D eigenvalue weighted by atomic mass is 32.2. The molecule has 2 aromatic rings. The van der Waals surface area contributed by atoms with Crippen LogP contribution in [-0.2, 0) is 10.0 Å². The minimum Gasteiger partial charge on any atom is -0.366 e. The van der Waals surface area contributed by atoms with Gasteiger partial charge in [0.05, 0.1) is 11.3 Å². The van der Waals surface area contributed by atoms with Gasteiger partial charge < -0.3 is 5.73 Å². The van der Waals surface area contributed by atoms with Crippen molar-refractivity contribution in [2.75, 3.05) is 4.72 Å². The lowest BCUT2D eigenvalue weighted by Crippen LogP contribution is -2.17. The van der Waals surface area contributed by atoms with Gasteiger partial charge in [-0.3, -0.25) is 14.5 Å². The summed E-state index contributed by atoms with van der Waals surface area (Å²) in [6, 6.07) is 6.43. The third-order valence-electron chi connectivity index (χ3n) is 2.45. The molecule has 0 aliphatic heterocycles. The average Bonchev–Trinajstić information content (AvgIpc) is 2.41. The van der Waals surface area contributed by atoms with Crippen LogP contribution in [0.5, 0.6) is 0 Å². The molecular formula is C12H10FN3O3S. The largest absolute Gasteiger partial charge is 0.366 e. The van der Waals surface area contributed by atoms with Crippen molar-refractivity contribution in [3.8, 4) is 0 Å². The number of rotatable bonds is 4. The molecule has 1 aromatic carbocycles. The molecule has 20 heavy (non-hydrogen) atoms. The van der Waals surface area contributed by atoms with Crippen LogP contribution in [-0.4, -0.2) is 19.3 Å². The van der Waals surface area contributed by atoms with E-state index in [9.17, 15) is 17.6 Å². The number of hydrogen-bond acceptors (Lipinski definition) is 4. The van der Waals surface area contributed by atoms with Crippen LogP contribution in [0.3, 0.4) is 0 Å². The van der Waals surface area contributed by atoms with Gasteiger partial charge in [0.2, 0.25) is 0 Å². The summed E-state index contributed by atoms with van der Waals surface area (Å²) in [6.45, 7) is 0. The third kappa shape index (κ3) is 2.75. The van der Waals surface area contributed by atoms with E-state index in [0.717, 1.165) is 6.20 Å². The molecule has 1 aromatic heterocycles. The second kappa shape index (κ2) is 5.25. The molecule has 3 N–H and O–H groups in total. The zero-order chi connectivity index (χ0) is 14.8. The Hall–Kier alpha value is -2.48. The van der Waals surface area contributed by atoms with Gasteiger partial charge in [-0.25, -0.2) is 12.8 Å². The van der Waals surface area contributed by atoms with Crippen LogP contribution in [0.1, 0.15) is 10.4 Å². The molecule has 0 fully saturated rings. The number of aromatic nitrogens is 1. The molecule has 2 rings (SSSR count). The average molecular weight is 295 g/mol. The number of sulfonamides is 1. The van der Waals surface area contributed by atoms with E-state index in [1.54, 1.807) is 0 Å². The molecule has 0 atom stereocenters. The summed E-state index contributed by atoms with van der Waals surface area (Å²) in [5.41, 5.74) is 4.24. The number of hydrogen-bond donors (Lipinski definition) is 2. The van der Waals surface area contributed by atoms with Crippen LogP contribution < -0.4 is 10.5 Å². The van der Waals surface area contributed by atoms with Gasteiger partial charge in [0.1, 0.15) is 4.90 Å². The fraction of sp³-hybridized carbons (Fsp3) is 0. The van der Waals surface area contributed by atoms with E-state index in [0.29, 0.717) is 0 Å². The summed E-state index contributed by atoms with van der Waals surface area (Å²) in [7, 11) is -3.98. The molecule has 0 unspecified atom stereocenters. The summed E-state index contributed by atoms with van der Waals surface area (Å²) in [5, 5.41) is 0. The molecular weight excluding hydrogens is 285 g/mol. The van der Waals surface area contributed by atoms with Gasteiger partial charge in [0, 0.05) is 12.4 Å². The van der Waals surface area contributed by atoms with Crippen molar-refractivity contribution in [3.63, 3.8) is 0 Å². The highest BCUT2D eigenvalue weighted by molar-refractivity contribution is 7.92. The number of halogens is 1. The second-order valence-corrected chi connectivity index (χ2v) is 5.51. The first-order chi connectivity index (χ1) is 9.42. The molecule has 104 valence electrons. The lowest BCUT2D eigenvalue weighted by molar-refractivity contribution is 0.0996. The molecule has 0 radical (unpaired) electrons. The minimum atomic E-state index is -3.98. The number of nitrogens with one attached hydrogen (secondary N) is 1. The topological polar surface area (TPSA) is 102 Å². The summed E-state index contributed by atoms with van der Waals surface area (Å²) in [4.78, 5) is 14.6. The molecule has 8 heteroatoms. The Bertz CT molecular complexity index is 748. The SMILES string of the molecule is NC(=O)c1cccc(NS(=O)(=O)c2cccnc2)c1F. The number of carbonyl (C=O) groups excluding carboxylic acids is 1. The van der Waals surface area contributed by atoms with E-state index in [1.807, 2.05) is 4.72 Å². The normalized spacial score (nSPS) is 11.1. The molecule has 6 nitrogen and oxygen atoms in total. The number of carbonyl (C=O) groups is 1. The summed E-state index contributed by atoms with van der Waals surface area (Å²) in [6.07, 6.45) is 2.53. The maximum absolute atomic E-state index is 13.9. The number of nitrogens with two attached hydrogens (primary N) is 1. The molecule has 0 aliphatic rings. The second-order valence-electron chi connectivity index (χ2n) is 3.83.